The van der Waals surface area contributed by atoms with E-state index in [1.54, 1.807) is 0 Å². The molecule has 0 saturated carbocycles. The summed E-state index contributed by atoms with van der Waals surface area (Å²) in [6.45, 7) is 6.64. The molecule has 1 heterocycles. The molecule has 1 fully saturated rings. The molecule has 0 aromatic carbocycles. The van der Waals surface area contributed by atoms with Crippen LogP contribution in [-0.2, 0) is 9.53 Å². The molecule has 5 heteroatoms. The van der Waals surface area contributed by atoms with E-state index in [0.717, 1.165) is 32.5 Å². The third kappa shape index (κ3) is 5.33. The predicted molar refractivity (Wildman–Crippen MR) is 72.6 cm³/mol. The number of ether oxygens (including phenoxy) is 1. The van der Waals surface area contributed by atoms with Crippen LogP contribution in [0, 0.1) is 5.41 Å². The Kier molecular flexibility index (Phi) is 6.60. The Hall–Kier alpha value is -0.650. The van der Waals surface area contributed by atoms with Gasteiger partial charge >= 0.3 is 0 Å². The molecule has 18 heavy (non-hydrogen) atoms. The molecule has 1 unspecified atom stereocenters. The summed E-state index contributed by atoms with van der Waals surface area (Å²) in [6, 6.07) is 0. The zero-order valence-corrected chi connectivity index (χ0v) is 11.9. The van der Waals surface area contributed by atoms with Crippen LogP contribution in [0.3, 0.4) is 0 Å². The van der Waals surface area contributed by atoms with Gasteiger partial charge in [0.15, 0.2) is 0 Å². The Labute approximate surface area is 110 Å². The second kappa shape index (κ2) is 7.71. The number of rotatable bonds is 7. The van der Waals surface area contributed by atoms with Gasteiger partial charge in [0.25, 0.3) is 0 Å². The first-order chi connectivity index (χ1) is 8.54. The molecule has 1 aliphatic heterocycles. The molecule has 0 aromatic rings. The maximum Gasteiger partial charge on any atom is 0.227 e. The summed E-state index contributed by atoms with van der Waals surface area (Å²) in [5, 5.41) is 6.25. The number of carbonyl (C=O) groups excluding carboxylic acids is 1. The summed E-state index contributed by atoms with van der Waals surface area (Å²) in [6.07, 6.45) is 2.04. The van der Waals surface area contributed by atoms with Gasteiger partial charge in [-0.1, -0.05) is 0 Å². The second-order valence-electron chi connectivity index (χ2n) is 5.51. The summed E-state index contributed by atoms with van der Waals surface area (Å²) < 4.78 is 5.44. The van der Waals surface area contributed by atoms with Gasteiger partial charge in [-0.05, 0) is 40.4 Å². The summed E-state index contributed by atoms with van der Waals surface area (Å²) in [5.74, 6) is 0.144. The lowest BCUT2D eigenvalue weighted by Crippen LogP contribution is -2.49. The molecule has 0 aliphatic carbocycles. The number of nitrogens with zero attached hydrogens (tertiary/aromatic N) is 1. The minimum atomic E-state index is -0.248. The van der Waals surface area contributed by atoms with Crippen molar-refractivity contribution in [3.05, 3.63) is 0 Å². The molecule has 0 bridgehead atoms. The average molecular weight is 257 g/mol. The minimum absolute atomic E-state index is 0.144. The van der Waals surface area contributed by atoms with Crippen molar-refractivity contribution in [2.75, 3.05) is 53.5 Å². The first-order valence-electron chi connectivity index (χ1n) is 6.76. The van der Waals surface area contributed by atoms with Gasteiger partial charge in [-0.2, -0.15) is 0 Å². The molecule has 1 amide bonds. The number of amides is 1. The van der Waals surface area contributed by atoms with Gasteiger partial charge in [0.2, 0.25) is 5.91 Å². The van der Waals surface area contributed by atoms with Gasteiger partial charge < -0.3 is 20.3 Å². The van der Waals surface area contributed by atoms with E-state index in [0.29, 0.717) is 19.8 Å². The van der Waals surface area contributed by atoms with Crippen LogP contribution in [-0.4, -0.2) is 64.3 Å². The SMILES string of the molecule is CN(C)CCOCCNC(=O)C1(C)CCCNC1. The van der Waals surface area contributed by atoms with E-state index < -0.39 is 0 Å². The molecule has 106 valence electrons. The standard InChI is InChI=1S/C13H27N3O2/c1-13(5-4-6-14-11-13)12(17)15-7-9-18-10-8-16(2)3/h14H,4-11H2,1-3H3,(H,15,17). The summed E-state index contributed by atoms with van der Waals surface area (Å²) >= 11 is 0. The van der Waals surface area contributed by atoms with Gasteiger partial charge in [-0.3, -0.25) is 4.79 Å². The van der Waals surface area contributed by atoms with Crippen LogP contribution < -0.4 is 10.6 Å². The van der Waals surface area contributed by atoms with Gasteiger partial charge in [0.1, 0.15) is 0 Å². The van der Waals surface area contributed by atoms with Gasteiger partial charge in [0.05, 0.1) is 18.6 Å². The van der Waals surface area contributed by atoms with Crippen LogP contribution in [0.15, 0.2) is 0 Å². The predicted octanol–water partition coefficient (Wildman–Crippen LogP) is 0.0705. The summed E-state index contributed by atoms with van der Waals surface area (Å²) in [7, 11) is 4.03. The van der Waals surface area contributed by atoms with E-state index in [4.69, 9.17) is 4.74 Å². The number of likely N-dealkylation sites (N-methyl/N-ethyl adjacent to an activating group) is 1. The highest BCUT2D eigenvalue weighted by atomic mass is 16.5. The van der Waals surface area contributed by atoms with Crippen LogP contribution in [0.5, 0.6) is 0 Å². The van der Waals surface area contributed by atoms with Crippen molar-refractivity contribution in [2.45, 2.75) is 19.8 Å². The lowest BCUT2D eigenvalue weighted by atomic mass is 9.82. The molecular formula is C13H27N3O2. The first kappa shape index (κ1) is 15.4. The van der Waals surface area contributed by atoms with E-state index in [2.05, 4.69) is 15.5 Å². The number of hydrogen-bond acceptors (Lipinski definition) is 4. The maximum absolute atomic E-state index is 12.0. The molecule has 2 N–H and O–H groups in total. The minimum Gasteiger partial charge on any atom is -0.378 e. The molecule has 0 radical (unpaired) electrons. The lowest BCUT2D eigenvalue weighted by molar-refractivity contribution is -0.131. The third-order valence-electron chi connectivity index (χ3n) is 3.36. The van der Waals surface area contributed by atoms with Gasteiger partial charge in [-0.15, -0.1) is 0 Å². The number of piperidine rings is 1. The number of hydrogen-bond donors (Lipinski definition) is 2. The van der Waals surface area contributed by atoms with Crippen LogP contribution in [0.1, 0.15) is 19.8 Å². The Morgan fingerprint density at radius 2 is 2.22 bits per heavy atom. The van der Waals surface area contributed by atoms with Gasteiger partial charge in [0, 0.05) is 19.6 Å². The van der Waals surface area contributed by atoms with Crippen molar-refractivity contribution in [1.82, 2.24) is 15.5 Å². The zero-order chi connectivity index (χ0) is 13.4. The molecule has 5 nitrogen and oxygen atoms in total. The zero-order valence-electron chi connectivity index (χ0n) is 11.9. The monoisotopic (exact) mass is 257 g/mol. The van der Waals surface area contributed by atoms with E-state index in [1.807, 2.05) is 21.0 Å². The van der Waals surface area contributed by atoms with Crippen molar-refractivity contribution in [1.29, 1.82) is 0 Å². The van der Waals surface area contributed by atoms with E-state index in [1.165, 1.54) is 0 Å². The highest BCUT2D eigenvalue weighted by molar-refractivity contribution is 5.82. The van der Waals surface area contributed by atoms with Crippen molar-refractivity contribution >= 4 is 5.91 Å². The number of carbonyl (C=O) groups is 1. The first-order valence-corrected chi connectivity index (χ1v) is 6.76. The average Bonchev–Trinajstić information content (AvgIpc) is 2.34. The normalized spacial score (nSPS) is 24.2. The second-order valence-corrected chi connectivity index (χ2v) is 5.51. The molecule has 1 aliphatic rings. The molecule has 1 rings (SSSR count). The highest BCUT2D eigenvalue weighted by Gasteiger charge is 2.34. The van der Waals surface area contributed by atoms with Crippen molar-refractivity contribution in [2.24, 2.45) is 5.41 Å². The fourth-order valence-corrected chi connectivity index (χ4v) is 2.05. The molecular weight excluding hydrogens is 230 g/mol. The van der Waals surface area contributed by atoms with Crippen LogP contribution in [0.4, 0.5) is 0 Å². The fraction of sp³-hybridized carbons (Fsp3) is 0.923. The molecule has 1 saturated heterocycles. The number of nitrogens with one attached hydrogen (secondary N) is 2. The van der Waals surface area contributed by atoms with Gasteiger partial charge in [-0.25, -0.2) is 0 Å². The molecule has 1 atom stereocenters. The fourth-order valence-electron chi connectivity index (χ4n) is 2.05. The quantitative estimate of drug-likeness (QED) is 0.634. The van der Waals surface area contributed by atoms with Crippen molar-refractivity contribution in [3.63, 3.8) is 0 Å². The Morgan fingerprint density at radius 1 is 1.44 bits per heavy atom. The Bertz CT molecular complexity index is 251. The highest BCUT2D eigenvalue weighted by Crippen LogP contribution is 2.25. The maximum atomic E-state index is 12.0. The van der Waals surface area contributed by atoms with Crippen molar-refractivity contribution < 1.29 is 9.53 Å². The van der Waals surface area contributed by atoms with E-state index in [-0.39, 0.29) is 11.3 Å². The smallest absolute Gasteiger partial charge is 0.227 e. The molecule has 0 spiro atoms. The van der Waals surface area contributed by atoms with Crippen LogP contribution >= 0.6 is 0 Å². The lowest BCUT2D eigenvalue weighted by Gasteiger charge is -2.32. The van der Waals surface area contributed by atoms with Crippen LogP contribution in [0.25, 0.3) is 0 Å². The van der Waals surface area contributed by atoms with E-state index in [9.17, 15) is 4.79 Å². The topological polar surface area (TPSA) is 53.6 Å². The summed E-state index contributed by atoms with van der Waals surface area (Å²) in [5.41, 5.74) is -0.248. The Morgan fingerprint density at radius 3 is 2.83 bits per heavy atom. The molecule has 0 aromatic heterocycles. The largest absolute Gasteiger partial charge is 0.378 e. The van der Waals surface area contributed by atoms with E-state index >= 15 is 0 Å². The van der Waals surface area contributed by atoms with Crippen molar-refractivity contribution in [3.8, 4) is 0 Å². The van der Waals surface area contributed by atoms with Crippen LogP contribution in [0.2, 0.25) is 0 Å². The third-order valence-corrected chi connectivity index (χ3v) is 3.36. The Balaban J connectivity index is 2.09. The summed E-state index contributed by atoms with van der Waals surface area (Å²) in [4.78, 5) is 14.1.